The van der Waals surface area contributed by atoms with Crippen molar-refractivity contribution in [1.82, 2.24) is 0 Å². The molecule has 0 atom stereocenters. The molecule has 2 nitrogen and oxygen atoms in total. The Morgan fingerprint density at radius 1 is 1.43 bits per heavy atom. The van der Waals surface area contributed by atoms with Gasteiger partial charge in [0.2, 0.25) is 0 Å². The molecule has 0 unspecified atom stereocenters. The second-order valence-corrected chi connectivity index (χ2v) is 3.50. The van der Waals surface area contributed by atoms with Gasteiger partial charge in [-0.15, -0.1) is 0 Å². The Kier molecular flexibility index (Phi) is 2.68. The summed E-state index contributed by atoms with van der Waals surface area (Å²) in [6, 6.07) is 3.32. The number of halogens is 1. The van der Waals surface area contributed by atoms with Crippen LogP contribution in [0.1, 0.15) is 17.5 Å². The second kappa shape index (κ2) is 3.96. The van der Waals surface area contributed by atoms with E-state index in [1.54, 1.807) is 0 Å². The maximum atomic E-state index is 13.4. The number of hydrogen-bond donors (Lipinski definition) is 1. The molecule has 3 heteroatoms. The highest BCUT2D eigenvalue weighted by atomic mass is 19.1. The fraction of sp³-hybridized carbons (Fsp3) is 0.455. The van der Waals surface area contributed by atoms with Crippen LogP contribution in [0.25, 0.3) is 0 Å². The Labute approximate surface area is 82.9 Å². The number of aryl methyl sites for hydroxylation is 1. The summed E-state index contributed by atoms with van der Waals surface area (Å²) in [5.41, 5.74) is 7.20. The fourth-order valence-electron chi connectivity index (χ4n) is 1.84. The predicted molar refractivity (Wildman–Crippen MR) is 53.0 cm³/mol. The third-order valence-electron chi connectivity index (χ3n) is 2.52. The molecular weight excluding hydrogens is 181 g/mol. The third-order valence-corrected chi connectivity index (χ3v) is 2.52. The molecule has 0 radical (unpaired) electrons. The molecule has 0 aliphatic carbocycles. The maximum Gasteiger partial charge on any atom is 0.130 e. The van der Waals surface area contributed by atoms with Gasteiger partial charge in [0.25, 0.3) is 0 Å². The van der Waals surface area contributed by atoms with Crippen molar-refractivity contribution in [2.24, 2.45) is 5.73 Å². The van der Waals surface area contributed by atoms with Gasteiger partial charge in [-0.05, 0) is 37.4 Å². The summed E-state index contributed by atoms with van der Waals surface area (Å²) >= 11 is 0. The zero-order chi connectivity index (χ0) is 9.97. The lowest BCUT2D eigenvalue weighted by Crippen LogP contribution is -2.14. The Balaban J connectivity index is 2.43. The minimum atomic E-state index is -0.198. The van der Waals surface area contributed by atoms with Crippen LogP contribution in [0.4, 0.5) is 4.39 Å². The van der Waals surface area contributed by atoms with E-state index in [4.69, 9.17) is 10.5 Å². The average molecular weight is 195 g/mol. The van der Waals surface area contributed by atoms with Gasteiger partial charge in [0.1, 0.15) is 11.6 Å². The number of ether oxygens (including phenoxy) is 1. The lowest BCUT2D eigenvalue weighted by Gasteiger charge is -2.20. The Morgan fingerprint density at radius 3 is 3.07 bits per heavy atom. The van der Waals surface area contributed by atoms with Crippen LogP contribution in [0.2, 0.25) is 0 Å². The minimum Gasteiger partial charge on any atom is -0.493 e. The summed E-state index contributed by atoms with van der Waals surface area (Å²) in [7, 11) is 0. The predicted octanol–water partition coefficient (Wildman–Crippen LogP) is 1.65. The van der Waals surface area contributed by atoms with E-state index in [9.17, 15) is 4.39 Å². The van der Waals surface area contributed by atoms with Crippen molar-refractivity contribution in [2.45, 2.75) is 19.3 Å². The third kappa shape index (κ3) is 1.60. The Hall–Kier alpha value is -1.09. The summed E-state index contributed by atoms with van der Waals surface area (Å²) in [5, 5.41) is 0. The van der Waals surface area contributed by atoms with E-state index in [-0.39, 0.29) is 5.82 Å². The first kappa shape index (κ1) is 9.46. The van der Waals surface area contributed by atoms with E-state index in [0.29, 0.717) is 25.1 Å². The minimum absolute atomic E-state index is 0.198. The summed E-state index contributed by atoms with van der Waals surface area (Å²) in [4.78, 5) is 0. The highest BCUT2D eigenvalue weighted by molar-refractivity contribution is 5.43. The second-order valence-electron chi connectivity index (χ2n) is 3.50. The van der Waals surface area contributed by atoms with E-state index in [1.165, 1.54) is 6.07 Å². The molecule has 14 heavy (non-hydrogen) atoms. The Bertz CT molecular complexity index is 338. The summed E-state index contributed by atoms with van der Waals surface area (Å²) < 4.78 is 18.9. The van der Waals surface area contributed by atoms with E-state index in [0.717, 1.165) is 24.2 Å². The average Bonchev–Trinajstić information content (AvgIpc) is 2.23. The fourth-order valence-corrected chi connectivity index (χ4v) is 1.84. The van der Waals surface area contributed by atoms with Crippen LogP contribution >= 0.6 is 0 Å². The molecule has 0 spiro atoms. The van der Waals surface area contributed by atoms with Crippen molar-refractivity contribution >= 4 is 0 Å². The SMILES string of the molecule is NCCc1c(F)ccc2c1OCCC2. The zero-order valence-corrected chi connectivity index (χ0v) is 8.05. The molecule has 0 saturated carbocycles. The van der Waals surface area contributed by atoms with Gasteiger partial charge < -0.3 is 10.5 Å². The molecular formula is C11H14FNO. The van der Waals surface area contributed by atoms with E-state index < -0.39 is 0 Å². The first-order chi connectivity index (χ1) is 6.83. The van der Waals surface area contributed by atoms with Crippen LogP contribution in [0, 0.1) is 5.82 Å². The molecule has 1 aromatic carbocycles. The van der Waals surface area contributed by atoms with Crippen molar-refractivity contribution in [3.8, 4) is 5.75 Å². The molecule has 0 fully saturated rings. The molecule has 1 heterocycles. The van der Waals surface area contributed by atoms with Crippen LogP contribution in [-0.4, -0.2) is 13.2 Å². The molecule has 0 amide bonds. The lowest BCUT2D eigenvalue weighted by molar-refractivity contribution is 0.283. The summed E-state index contributed by atoms with van der Waals surface area (Å²) in [5.74, 6) is 0.540. The van der Waals surface area contributed by atoms with Gasteiger partial charge in [-0.25, -0.2) is 4.39 Å². The van der Waals surface area contributed by atoms with Gasteiger partial charge in [0, 0.05) is 5.56 Å². The molecule has 0 saturated heterocycles. The highest BCUT2D eigenvalue weighted by Gasteiger charge is 2.17. The van der Waals surface area contributed by atoms with Crippen LogP contribution in [0.5, 0.6) is 5.75 Å². The molecule has 1 aliphatic rings. The first-order valence-electron chi connectivity index (χ1n) is 4.96. The molecule has 1 aliphatic heterocycles. The van der Waals surface area contributed by atoms with E-state index >= 15 is 0 Å². The quantitative estimate of drug-likeness (QED) is 0.778. The smallest absolute Gasteiger partial charge is 0.130 e. The Morgan fingerprint density at radius 2 is 2.29 bits per heavy atom. The highest BCUT2D eigenvalue weighted by Crippen LogP contribution is 2.30. The molecule has 1 aromatic rings. The van der Waals surface area contributed by atoms with Gasteiger partial charge in [-0.3, -0.25) is 0 Å². The number of benzene rings is 1. The van der Waals surface area contributed by atoms with Crippen LogP contribution in [-0.2, 0) is 12.8 Å². The largest absolute Gasteiger partial charge is 0.493 e. The van der Waals surface area contributed by atoms with E-state index in [1.807, 2.05) is 6.07 Å². The standard InChI is InChI=1S/C11H14FNO/c12-10-4-3-8-2-1-7-14-11(8)9(10)5-6-13/h3-4H,1-2,5-7,13H2. The molecule has 76 valence electrons. The summed E-state index contributed by atoms with van der Waals surface area (Å²) in [6.45, 7) is 1.14. The number of hydrogen-bond acceptors (Lipinski definition) is 2. The first-order valence-corrected chi connectivity index (χ1v) is 4.96. The van der Waals surface area contributed by atoms with Crippen LogP contribution in [0.3, 0.4) is 0 Å². The molecule has 2 rings (SSSR count). The van der Waals surface area contributed by atoms with Crippen LogP contribution in [0.15, 0.2) is 12.1 Å². The van der Waals surface area contributed by atoms with E-state index in [2.05, 4.69) is 0 Å². The number of rotatable bonds is 2. The van der Waals surface area contributed by atoms with Crippen molar-refractivity contribution in [1.29, 1.82) is 0 Å². The van der Waals surface area contributed by atoms with Gasteiger partial charge in [0.05, 0.1) is 6.61 Å². The molecule has 0 bridgehead atoms. The molecule has 2 N–H and O–H groups in total. The number of fused-ring (bicyclic) bond motifs is 1. The zero-order valence-electron chi connectivity index (χ0n) is 8.05. The lowest BCUT2D eigenvalue weighted by atomic mass is 10.0. The maximum absolute atomic E-state index is 13.4. The summed E-state index contributed by atoms with van der Waals surface area (Å²) in [6.07, 6.45) is 2.54. The van der Waals surface area contributed by atoms with Gasteiger partial charge in [-0.1, -0.05) is 6.07 Å². The molecule has 0 aromatic heterocycles. The van der Waals surface area contributed by atoms with Gasteiger partial charge >= 0.3 is 0 Å². The number of nitrogens with two attached hydrogens (primary N) is 1. The van der Waals surface area contributed by atoms with Gasteiger partial charge in [0.15, 0.2) is 0 Å². The topological polar surface area (TPSA) is 35.2 Å². The van der Waals surface area contributed by atoms with Crippen molar-refractivity contribution in [2.75, 3.05) is 13.2 Å². The normalized spacial score (nSPS) is 14.7. The van der Waals surface area contributed by atoms with Gasteiger partial charge in [-0.2, -0.15) is 0 Å². The van der Waals surface area contributed by atoms with Crippen molar-refractivity contribution in [3.63, 3.8) is 0 Å². The monoisotopic (exact) mass is 195 g/mol. The van der Waals surface area contributed by atoms with Crippen molar-refractivity contribution < 1.29 is 9.13 Å². The van der Waals surface area contributed by atoms with Crippen LogP contribution < -0.4 is 10.5 Å². The van der Waals surface area contributed by atoms with Crippen molar-refractivity contribution in [3.05, 3.63) is 29.1 Å².